The van der Waals surface area contributed by atoms with E-state index in [1.165, 1.54) is 24.8 Å². The molecule has 106 valence electrons. The number of benzene rings is 1. The summed E-state index contributed by atoms with van der Waals surface area (Å²) in [6, 6.07) is 8.20. The number of hydrogen-bond donors (Lipinski definition) is 0. The molecule has 2 heteroatoms. The van der Waals surface area contributed by atoms with E-state index in [0.29, 0.717) is 6.61 Å². The van der Waals surface area contributed by atoms with Gasteiger partial charge in [-0.15, -0.1) is 0 Å². The zero-order valence-corrected chi connectivity index (χ0v) is 11.9. The second kappa shape index (κ2) is 6.36. The molecule has 1 aliphatic heterocycles. The molecular formula is C18H22O2. The minimum Gasteiger partial charge on any atom is -0.365 e. The molecule has 0 saturated heterocycles. The van der Waals surface area contributed by atoms with Crippen molar-refractivity contribution in [2.45, 2.75) is 51.0 Å². The van der Waals surface area contributed by atoms with Gasteiger partial charge in [-0.2, -0.15) is 0 Å². The standard InChI is InChI=1S/C18H22O2/c19-17(15-9-4-2-1-3-5-10-15)18-16-11-7-6-8-14(16)12-13-20-18/h6-9,11,18H,1-5,10,12-13H2/b15-9+. The zero-order chi connectivity index (χ0) is 13.8. The quantitative estimate of drug-likeness (QED) is 0.807. The molecule has 20 heavy (non-hydrogen) atoms. The number of carbonyl (C=O) groups excluding carboxylic acids is 1. The van der Waals surface area contributed by atoms with Gasteiger partial charge in [0.2, 0.25) is 0 Å². The van der Waals surface area contributed by atoms with Crippen molar-refractivity contribution in [2.75, 3.05) is 6.61 Å². The second-order valence-corrected chi connectivity index (χ2v) is 5.75. The van der Waals surface area contributed by atoms with E-state index in [2.05, 4.69) is 12.1 Å². The maximum atomic E-state index is 12.8. The fraction of sp³-hybridized carbons (Fsp3) is 0.500. The normalized spacial score (nSPS) is 25.8. The summed E-state index contributed by atoms with van der Waals surface area (Å²) in [7, 11) is 0. The average molecular weight is 270 g/mol. The van der Waals surface area contributed by atoms with Crippen molar-refractivity contribution in [1.82, 2.24) is 0 Å². The van der Waals surface area contributed by atoms with E-state index in [1.807, 2.05) is 18.2 Å². The Kier molecular flexibility index (Phi) is 4.31. The third kappa shape index (κ3) is 2.85. The molecule has 0 spiro atoms. The fourth-order valence-electron chi connectivity index (χ4n) is 3.19. The predicted octanol–water partition coefficient (Wildman–Crippen LogP) is 4.15. The van der Waals surface area contributed by atoms with Crippen molar-refractivity contribution < 1.29 is 9.53 Å². The maximum absolute atomic E-state index is 12.8. The van der Waals surface area contributed by atoms with E-state index in [9.17, 15) is 4.79 Å². The van der Waals surface area contributed by atoms with Crippen molar-refractivity contribution in [2.24, 2.45) is 0 Å². The summed E-state index contributed by atoms with van der Waals surface area (Å²) in [6.07, 6.45) is 9.53. The van der Waals surface area contributed by atoms with E-state index in [4.69, 9.17) is 4.74 Å². The highest BCUT2D eigenvalue weighted by molar-refractivity contribution is 5.99. The van der Waals surface area contributed by atoms with Crippen LogP contribution in [0.3, 0.4) is 0 Å². The maximum Gasteiger partial charge on any atom is 0.191 e. The van der Waals surface area contributed by atoms with Crippen molar-refractivity contribution in [3.63, 3.8) is 0 Å². The van der Waals surface area contributed by atoms with Crippen LogP contribution in [0, 0.1) is 0 Å². The number of ketones is 1. The number of Topliss-reactive ketones (excluding diaryl/α,β-unsaturated/α-hetero) is 1. The SMILES string of the molecule is O=C(/C1=C/CCCCCC1)C1OCCc2ccccc21. The molecule has 0 aromatic heterocycles. The Morgan fingerprint density at radius 1 is 1.05 bits per heavy atom. The molecule has 0 N–H and O–H groups in total. The lowest BCUT2D eigenvalue weighted by Gasteiger charge is -2.26. The third-order valence-corrected chi connectivity index (χ3v) is 4.34. The van der Waals surface area contributed by atoms with Crippen molar-refractivity contribution >= 4 is 5.78 Å². The molecule has 0 amide bonds. The van der Waals surface area contributed by atoms with Crippen molar-refractivity contribution in [3.05, 3.63) is 47.0 Å². The molecule has 0 bridgehead atoms. The molecule has 1 unspecified atom stereocenters. The van der Waals surface area contributed by atoms with E-state index >= 15 is 0 Å². The van der Waals surface area contributed by atoms with Gasteiger partial charge < -0.3 is 4.74 Å². The molecule has 0 fully saturated rings. The van der Waals surface area contributed by atoms with Crippen LogP contribution in [0.4, 0.5) is 0 Å². The molecule has 0 saturated carbocycles. The Labute approximate surface area is 120 Å². The topological polar surface area (TPSA) is 26.3 Å². The average Bonchev–Trinajstić information content (AvgIpc) is 2.46. The summed E-state index contributed by atoms with van der Waals surface area (Å²) in [5.41, 5.74) is 3.33. The van der Waals surface area contributed by atoms with Crippen LogP contribution in [0.15, 0.2) is 35.9 Å². The van der Waals surface area contributed by atoms with Gasteiger partial charge in [0.05, 0.1) is 6.61 Å². The Morgan fingerprint density at radius 2 is 1.90 bits per heavy atom. The Hall–Kier alpha value is -1.41. The Bertz CT molecular complexity index is 516. The van der Waals surface area contributed by atoms with Crippen molar-refractivity contribution in [3.8, 4) is 0 Å². The van der Waals surface area contributed by atoms with E-state index in [-0.39, 0.29) is 11.9 Å². The molecule has 1 aliphatic carbocycles. The first kappa shape index (κ1) is 13.6. The fourth-order valence-corrected chi connectivity index (χ4v) is 3.19. The number of carbonyl (C=O) groups is 1. The first-order valence-corrected chi connectivity index (χ1v) is 7.79. The second-order valence-electron chi connectivity index (χ2n) is 5.75. The van der Waals surface area contributed by atoms with Crippen molar-refractivity contribution in [1.29, 1.82) is 0 Å². The number of rotatable bonds is 2. The monoisotopic (exact) mass is 270 g/mol. The van der Waals surface area contributed by atoms with Gasteiger partial charge in [-0.3, -0.25) is 4.79 Å². The Balaban J connectivity index is 1.84. The highest BCUT2D eigenvalue weighted by Gasteiger charge is 2.29. The van der Waals surface area contributed by atoms with Crippen LogP contribution < -0.4 is 0 Å². The molecular weight excluding hydrogens is 248 g/mol. The molecule has 3 rings (SSSR count). The smallest absolute Gasteiger partial charge is 0.191 e. The molecule has 2 aliphatic rings. The van der Waals surface area contributed by atoms with Gasteiger partial charge in [0.1, 0.15) is 6.10 Å². The van der Waals surface area contributed by atoms with Gasteiger partial charge in [-0.05, 0) is 48.8 Å². The lowest BCUT2D eigenvalue weighted by molar-refractivity contribution is -0.128. The molecule has 2 nitrogen and oxygen atoms in total. The van der Waals surface area contributed by atoms with Crippen LogP contribution in [-0.4, -0.2) is 12.4 Å². The van der Waals surface area contributed by atoms with Gasteiger partial charge in [0.15, 0.2) is 5.78 Å². The van der Waals surface area contributed by atoms with Crippen LogP contribution >= 0.6 is 0 Å². The zero-order valence-electron chi connectivity index (χ0n) is 11.9. The summed E-state index contributed by atoms with van der Waals surface area (Å²) < 4.78 is 5.80. The molecule has 0 radical (unpaired) electrons. The van der Waals surface area contributed by atoms with Gasteiger partial charge >= 0.3 is 0 Å². The number of hydrogen-bond acceptors (Lipinski definition) is 2. The molecule has 1 atom stereocenters. The summed E-state index contributed by atoms with van der Waals surface area (Å²) in [4.78, 5) is 12.8. The highest BCUT2D eigenvalue weighted by Crippen LogP contribution is 2.31. The van der Waals surface area contributed by atoms with E-state index < -0.39 is 0 Å². The van der Waals surface area contributed by atoms with Crippen LogP contribution in [-0.2, 0) is 16.0 Å². The summed E-state index contributed by atoms with van der Waals surface area (Å²) in [5.74, 6) is 0.194. The largest absolute Gasteiger partial charge is 0.365 e. The summed E-state index contributed by atoms with van der Waals surface area (Å²) in [5, 5.41) is 0. The van der Waals surface area contributed by atoms with Crippen LogP contribution in [0.25, 0.3) is 0 Å². The first-order valence-electron chi connectivity index (χ1n) is 7.79. The molecule has 1 aromatic carbocycles. The lowest BCUT2D eigenvalue weighted by atomic mass is 9.89. The van der Waals surface area contributed by atoms with Gasteiger partial charge in [-0.25, -0.2) is 0 Å². The van der Waals surface area contributed by atoms with E-state index in [1.54, 1.807) is 0 Å². The number of fused-ring (bicyclic) bond motifs is 1. The predicted molar refractivity (Wildman–Crippen MR) is 79.6 cm³/mol. The number of ether oxygens (including phenoxy) is 1. The third-order valence-electron chi connectivity index (χ3n) is 4.34. The van der Waals surface area contributed by atoms with Crippen LogP contribution in [0.2, 0.25) is 0 Å². The first-order chi connectivity index (χ1) is 9.86. The Morgan fingerprint density at radius 3 is 2.85 bits per heavy atom. The summed E-state index contributed by atoms with van der Waals surface area (Å²) in [6.45, 7) is 0.653. The van der Waals surface area contributed by atoms with E-state index in [0.717, 1.165) is 36.8 Å². The van der Waals surface area contributed by atoms with Crippen LogP contribution in [0.5, 0.6) is 0 Å². The van der Waals surface area contributed by atoms with Gasteiger partial charge in [0.25, 0.3) is 0 Å². The van der Waals surface area contributed by atoms with Gasteiger partial charge in [-0.1, -0.05) is 43.2 Å². The number of allylic oxidation sites excluding steroid dienone is 1. The highest BCUT2D eigenvalue weighted by atomic mass is 16.5. The minimum atomic E-state index is -0.370. The van der Waals surface area contributed by atoms with Crippen LogP contribution in [0.1, 0.15) is 55.8 Å². The summed E-state index contributed by atoms with van der Waals surface area (Å²) >= 11 is 0. The van der Waals surface area contributed by atoms with Gasteiger partial charge in [0, 0.05) is 0 Å². The minimum absolute atomic E-state index is 0.194. The molecule has 1 aromatic rings. The molecule has 1 heterocycles. The lowest BCUT2D eigenvalue weighted by Crippen LogP contribution is -2.24.